The van der Waals surface area contributed by atoms with Crippen LogP contribution in [0.25, 0.3) is 0 Å². The molecule has 4 heteroatoms. The number of carbonyl (C=O) groups excluding carboxylic acids is 2. The van der Waals surface area contributed by atoms with E-state index in [1.54, 1.807) is 0 Å². The van der Waals surface area contributed by atoms with Crippen molar-refractivity contribution in [2.75, 3.05) is 6.54 Å². The number of benzene rings is 1. The fourth-order valence-corrected chi connectivity index (χ4v) is 2.85. The van der Waals surface area contributed by atoms with Gasteiger partial charge in [-0.25, -0.2) is 0 Å². The van der Waals surface area contributed by atoms with Crippen molar-refractivity contribution in [3.8, 4) is 0 Å². The summed E-state index contributed by atoms with van der Waals surface area (Å²) in [5.41, 5.74) is 0.969. The van der Waals surface area contributed by atoms with Crippen molar-refractivity contribution in [3.05, 3.63) is 35.9 Å². The number of nitrogens with one attached hydrogen (secondary N) is 1. The van der Waals surface area contributed by atoms with E-state index in [0.717, 1.165) is 25.7 Å². The Morgan fingerprint density at radius 2 is 1.79 bits per heavy atom. The third-order valence-electron chi connectivity index (χ3n) is 4.40. The van der Waals surface area contributed by atoms with Gasteiger partial charge < -0.3 is 10.1 Å². The van der Waals surface area contributed by atoms with E-state index >= 15 is 0 Å². The second kappa shape index (κ2) is 10.1. The van der Waals surface area contributed by atoms with Gasteiger partial charge in [-0.1, -0.05) is 57.5 Å². The Balaban J connectivity index is 2.41. The van der Waals surface area contributed by atoms with Gasteiger partial charge in [0.1, 0.15) is 6.10 Å². The lowest BCUT2D eigenvalue weighted by Gasteiger charge is -2.34. The third-order valence-corrected chi connectivity index (χ3v) is 4.40. The van der Waals surface area contributed by atoms with Gasteiger partial charge in [-0.3, -0.25) is 9.59 Å². The molecule has 0 radical (unpaired) electrons. The number of hydrogen-bond donors (Lipinski definition) is 1. The van der Waals surface area contributed by atoms with Crippen molar-refractivity contribution >= 4 is 11.9 Å². The summed E-state index contributed by atoms with van der Waals surface area (Å²) in [6.07, 6.45) is 3.68. The van der Waals surface area contributed by atoms with Crippen LogP contribution in [0.4, 0.5) is 0 Å². The fraction of sp³-hybridized carbons (Fsp3) is 0.600. The highest BCUT2D eigenvalue weighted by Crippen LogP contribution is 2.31. The Bertz CT molecular complexity index is 511. The highest BCUT2D eigenvalue weighted by atomic mass is 16.5. The van der Waals surface area contributed by atoms with E-state index in [-0.39, 0.29) is 23.4 Å². The van der Waals surface area contributed by atoms with E-state index in [1.807, 2.05) is 18.2 Å². The van der Waals surface area contributed by atoms with Crippen LogP contribution in [0.1, 0.15) is 65.4 Å². The maximum atomic E-state index is 12.1. The first-order valence-electron chi connectivity index (χ1n) is 8.87. The van der Waals surface area contributed by atoms with Gasteiger partial charge in [0.25, 0.3) is 0 Å². The summed E-state index contributed by atoms with van der Waals surface area (Å²) in [6, 6.07) is 10.2. The van der Waals surface area contributed by atoms with Gasteiger partial charge in [0.05, 0.1) is 0 Å². The van der Waals surface area contributed by atoms with Gasteiger partial charge in [-0.15, -0.1) is 0 Å². The minimum Gasteiger partial charge on any atom is -0.461 e. The summed E-state index contributed by atoms with van der Waals surface area (Å²) >= 11 is 0. The molecule has 0 unspecified atom stereocenters. The molecule has 0 heterocycles. The van der Waals surface area contributed by atoms with Gasteiger partial charge in [0.2, 0.25) is 5.91 Å². The zero-order chi connectivity index (χ0) is 18.0. The first-order chi connectivity index (χ1) is 11.4. The molecular weight excluding hydrogens is 302 g/mol. The number of carbonyl (C=O) groups is 2. The van der Waals surface area contributed by atoms with Crippen LogP contribution < -0.4 is 5.32 Å². The molecule has 0 fully saturated rings. The summed E-state index contributed by atoms with van der Waals surface area (Å²) in [5.74, 6) is -0.145. The average molecular weight is 333 g/mol. The van der Waals surface area contributed by atoms with Crippen molar-refractivity contribution in [1.82, 2.24) is 5.32 Å². The van der Waals surface area contributed by atoms with Gasteiger partial charge >= 0.3 is 5.97 Å². The summed E-state index contributed by atoms with van der Waals surface area (Å²) in [4.78, 5) is 22.9. The number of hydrogen-bond acceptors (Lipinski definition) is 3. The second-order valence-corrected chi connectivity index (χ2v) is 6.77. The molecule has 1 rings (SSSR count). The van der Waals surface area contributed by atoms with E-state index in [4.69, 9.17) is 4.74 Å². The lowest BCUT2D eigenvalue weighted by atomic mass is 9.78. The molecule has 0 aromatic heterocycles. The van der Waals surface area contributed by atoms with Crippen molar-refractivity contribution in [3.63, 3.8) is 0 Å². The largest absolute Gasteiger partial charge is 0.461 e. The summed E-state index contributed by atoms with van der Waals surface area (Å²) < 4.78 is 5.75. The van der Waals surface area contributed by atoms with E-state index in [2.05, 4.69) is 38.2 Å². The van der Waals surface area contributed by atoms with E-state index in [0.29, 0.717) is 13.0 Å². The molecule has 1 aromatic rings. The first-order valence-corrected chi connectivity index (χ1v) is 8.87. The minimum atomic E-state index is -0.211. The fourth-order valence-electron chi connectivity index (χ4n) is 2.85. The third kappa shape index (κ3) is 6.73. The number of ether oxygens (including phenoxy) is 1. The Morgan fingerprint density at radius 3 is 2.38 bits per heavy atom. The standard InChI is InChI=1S/C20H31NO3/c1-5-18(20(3,4)17-12-8-6-9-13-17)24-19(23)14-10-7-11-15-21-16(2)22/h6,8-9,12-13,18H,5,7,10-11,14-15H2,1-4H3,(H,21,22)/t18-/m1/s1. The zero-order valence-corrected chi connectivity index (χ0v) is 15.4. The van der Waals surface area contributed by atoms with Crippen LogP contribution in [0.5, 0.6) is 0 Å². The Hall–Kier alpha value is -1.84. The van der Waals surface area contributed by atoms with Crippen molar-refractivity contribution in [2.45, 2.75) is 71.3 Å². The van der Waals surface area contributed by atoms with Crippen LogP contribution in [0.15, 0.2) is 30.3 Å². The zero-order valence-electron chi connectivity index (χ0n) is 15.4. The predicted octanol–water partition coefficient (Wildman–Crippen LogP) is 3.98. The average Bonchev–Trinajstić information content (AvgIpc) is 2.56. The van der Waals surface area contributed by atoms with Gasteiger partial charge in [0, 0.05) is 25.3 Å². The lowest BCUT2D eigenvalue weighted by Crippen LogP contribution is -2.37. The van der Waals surface area contributed by atoms with E-state index < -0.39 is 0 Å². The van der Waals surface area contributed by atoms with Crippen LogP contribution in [-0.4, -0.2) is 24.5 Å². The second-order valence-electron chi connectivity index (χ2n) is 6.77. The molecule has 0 aliphatic carbocycles. The van der Waals surface area contributed by atoms with Gasteiger partial charge in [-0.2, -0.15) is 0 Å². The normalized spacial score (nSPS) is 12.5. The molecule has 1 atom stereocenters. The molecule has 0 aliphatic rings. The lowest BCUT2D eigenvalue weighted by molar-refractivity contribution is -0.152. The molecule has 4 nitrogen and oxygen atoms in total. The molecule has 134 valence electrons. The molecule has 0 spiro atoms. The summed E-state index contributed by atoms with van der Waals surface area (Å²) in [7, 11) is 0. The molecule has 1 amide bonds. The molecule has 0 aliphatic heterocycles. The van der Waals surface area contributed by atoms with Crippen LogP contribution in [0.2, 0.25) is 0 Å². The highest BCUT2D eigenvalue weighted by molar-refractivity contribution is 5.72. The van der Waals surface area contributed by atoms with Gasteiger partial charge in [0.15, 0.2) is 0 Å². The first kappa shape index (κ1) is 20.2. The molecule has 24 heavy (non-hydrogen) atoms. The SMILES string of the molecule is CC[C@@H](OC(=O)CCCCCNC(C)=O)C(C)(C)c1ccccc1. The quantitative estimate of drug-likeness (QED) is 0.520. The van der Waals surface area contributed by atoms with E-state index in [9.17, 15) is 9.59 Å². The molecule has 0 saturated heterocycles. The van der Waals surface area contributed by atoms with Crippen molar-refractivity contribution in [2.24, 2.45) is 0 Å². The monoisotopic (exact) mass is 333 g/mol. The van der Waals surface area contributed by atoms with Crippen LogP contribution in [0.3, 0.4) is 0 Å². The Morgan fingerprint density at radius 1 is 1.12 bits per heavy atom. The number of esters is 1. The summed E-state index contributed by atoms with van der Waals surface area (Å²) in [6.45, 7) is 8.48. The number of rotatable bonds is 10. The van der Waals surface area contributed by atoms with Crippen LogP contribution in [-0.2, 0) is 19.7 Å². The predicted molar refractivity (Wildman–Crippen MR) is 96.8 cm³/mol. The smallest absolute Gasteiger partial charge is 0.306 e. The minimum absolute atomic E-state index is 0.0108. The molecular formula is C20H31NO3. The van der Waals surface area contributed by atoms with E-state index in [1.165, 1.54) is 12.5 Å². The Labute approximate surface area is 146 Å². The maximum absolute atomic E-state index is 12.1. The maximum Gasteiger partial charge on any atom is 0.306 e. The molecule has 0 saturated carbocycles. The van der Waals surface area contributed by atoms with Crippen LogP contribution in [0, 0.1) is 0 Å². The Kier molecular flexibility index (Phi) is 8.51. The van der Waals surface area contributed by atoms with Crippen LogP contribution >= 0.6 is 0 Å². The molecule has 0 bridgehead atoms. The summed E-state index contributed by atoms with van der Waals surface area (Å²) in [5, 5.41) is 2.76. The van der Waals surface area contributed by atoms with Gasteiger partial charge in [-0.05, 0) is 24.8 Å². The topological polar surface area (TPSA) is 55.4 Å². The van der Waals surface area contributed by atoms with Crippen molar-refractivity contribution < 1.29 is 14.3 Å². The number of amides is 1. The molecule has 1 N–H and O–H groups in total. The highest BCUT2D eigenvalue weighted by Gasteiger charge is 2.32. The van der Waals surface area contributed by atoms with Crippen molar-refractivity contribution in [1.29, 1.82) is 0 Å². The molecule has 1 aromatic carbocycles. The number of unbranched alkanes of at least 4 members (excludes halogenated alkanes) is 2.